The molecule has 3 aliphatic heterocycles. The topological polar surface area (TPSA) is 80.7 Å². The summed E-state index contributed by atoms with van der Waals surface area (Å²) in [5.74, 6) is 1.17. The number of nitrogens with zero attached hydrogens (tertiary/aromatic N) is 2. The van der Waals surface area contributed by atoms with E-state index in [9.17, 15) is 14.3 Å². The highest BCUT2D eigenvalue weighted by molar-refractivity contribution is 5.92. The van der Waals surface area contributed by atoms with Gasteiger partial charge in [0.15, 0.2) is 17.3 Å². The summed E-state index contributed by atoms with van der Waals surface area (Å²) in [5.41, 5.74) is 3.80. The van der Waals surface area contributed by atoms with E-state index in [1.807, 2.05) is 53.4 Å². The maximum atomic E-state index is 13.6. The molecule has 3 aromatic carbocycles. The van der Waals surface area contributed by atoms with Gasteiger partial charge in [0.2, 0.25) is 13.1 Å². The van der Waals surface area contributed by atoms with Gasteiger partial charge in [-0.1, -0.05) is 42.5 Å². The van der Waals surface area contributed by atoms with E-state index in [-0.39, 0.29) is 36.8 Å². The number of aliphatic hydroxyl groups excluding tert-OH is 1. The Bertz CT molecular complexity index is 1390. The highest BCUT2D eigenvalue weighted by Gasteiger charge is 2.32. The number of amides is 1. The minimum Gasteiger partial charge on any atom is -0.459 e. The van der Waals surface area contributed by atoms with E-state index in [1.54, 1.807) is 12.1 Å². The zero-order valence-corrected chi connectivity index (χ0v) is 22.7. The zero-order valence-electron chi connectivity index (χ0n) is 22.7. The molecule has 41 heavy (non-hydrogen) atoms. The van der Waals surface area contributed by atoms with E-state index in [4.69, 9.17) is 18.9 Å². The smallest absolute Gasteiger partial charge is 0.288 e. The summed E-state index contributed by atoms with van der Waals surface area (Å²) in [6, 6.07) is 19.8. The van der Waals surface area contributed by atoms with Gasteiger partial charge in [-0.3, -0.25) is 9.69 Å². The number of carbonyl (C=O) groups is 1. The van der Waals surface area contributed by atoms with Gasteiger partial charge in [0, 0.05) is 45.1 Å². The van der Waals surface area contributed by atoms with Crippen LogP contribution >= 0.6 is 0 Å². The van der Waals surface area contributed by atoms with Crippen molar-refractivity contribution in [3.63, 3.8) is 0 Å². The summed E-state index contributed by atoms with van der Waals surface area (Å²) in [6.07, 6.45) is 1.70. The average molecular weight is 561 g/mol. The van der Waals surface area contributed by atoms with Crippen molar-refractivity contribution in [3.05, 3.63) is 107 Å². The number of hydrogen-bond acceptors (Lipinski definition) is 7. The Morgan fingerprint density at radius 3 is 2.37 bits per heavy atom. The molecule has 0 saturated carbocycles. The van der Waals surface area contributed by atoms with E-state index in [0.717, 1.165) is 53.4 Å². The van der Waals surface area contributed by atoms with Crippen LogP contribution in [0.5, 0.6) is 11.5 Å². The predicted octanol–water partition coefficient (Wildman–Crippen LogP) is 4.32. The molecule has 3 aromatic rings. The van der Waals surface area contributed by atoms with Crippen LogP contribution in [0.4, 0.5) is 4.39 Å². The second-order valence-corrected chi connectivity index (χ2v) is 10.5. The third-order valence-electron chi connectivity index (χ3n) is 7.71. The Morgan fingerprint density at radius 1 is 0.902 bits per heavy atom. The predicted molar refractivity (Wildman–Crippen MR) is 148 cm³/mol. The number of ether oxygens (including phenoxy) is 4. The summed E-state index contributed by atoms with van der Waals surface area (Å²) in [6.45, 7) is 3.92. The number of allylic oxidation sites excluding steroid dienone is 1. The van der Waals surface area contributed by atoms with Crippen molar-refractivity contribution in [1.82, 2.24) is 9.80 Å². The van der Waals surface area contributed by atoms with Crippen molar-refractivity contribution < 1.29 is 33.2 Å². The maximum absolute atomic E-state index is 13.6. The fourth-order valence-electron chi connectivity index (χ4n) is 5.35. The molecule has 3 heterocycles. The Hall–Kier alpha value is -3.92. The number of aliphatic hydroxyl groups is 1. The number of fused-ring (bicyclic) bond motifs is 1. The molecule has 1 amide bonds. The van der Waals surface area contributed by atoms with E-state index >= 15 is 0 Å². The van der Waals surface area contributed by atoms with Gasteiger partial charge in [-0.2, -0.15) is 0 Å². The first-order chi connectivity index (χ1) is 20.0. The van der Waals surface area contributed by atoms with Crippen LogP contribution in [-0.2, 0) is 34.0 Å². The summed E-state index contributed by atoms with van der Waals surface area (Å²) in [4.78, 5) is 17.7. The molecule has 8 nitrogen and oxygen atoms in total. The van der Waals surface area contributed by atoms with Crippen LogP contribution in [0.25, 0.3) is 0 Å². The van der Waals surface area contributed by atoms with Crippen molar-refractivity contribution >= 4 is 5.91 Å². The lowest BCUT2D eigenvalue weighted by Crippen LogP contribution is -2.49. The fourth-order valence-corrected chi connectivity index (χ4v) is 5.35. The highest BCUT2D eigenvalue weighted by atomic mass is 19.1. The van der Waals surface area contributed by atoms with Gasteiger partial charge in [0.05, 0.1) is 13.2 Å². The number of rotatable bonds is 8. The Labute approximate surface area is 238 Å². The molecule has 0 bridgehead atoms. The van der Waals surface area contributed by atoms with Crippen LogP contribution in [0.1, 0.15) is 34.6 Å². The van der Waals surface area contributed by atoms with Crippen molar-refractivity contribution in [2.24, 2.45) is 0 Å². The van der Waals surface area contributed by atoms with E-state index in [1.165, 1.54) is 12.1 Å². The van der Waals surface area contributed by atoms with Crippen molar-refractivity contribution in [1.29, 1.82) is 0 Å². The Morgan fingerprint density at radius 2 is 1.61 bits per heavy atom. The first kappa shape index (κ1) is 27.3. The summed E-state index contributed by atoms with van der Waals surface area (Å²) >= 11 is 0. The van der Waals surface area contributed by atoms with Gasteiger partial charge in [-0.25, -0.2) is 4.39 Å². The van der Waals surface area contributed by atoms with Crippen LogP contribution in [0.2, 0.25) is 0 Å². The van der Waals surface area contributed by atoms with Gasteiger partial charge in [0.1, 0.15) is 5.82 Å². The molecule has 1 fully saturated rings. The number of hydrogen-bond donors (Lipinski definition) is 1. The Kier molecular flexibility index (Phi) is 8.18. The number of halogens is 1. The molecular weight excluding hydrogens is 527 g/mol. The molecule has 6 rings (SSSR count). The minimum absolute atomic E-state index is 0.0187. The van der Waals surface area contributed by atoms with Gasteiger partial charge in [-0.15, -0.1) is 0 Å². The first-order valence-corrected chi connectivity index (χ1v) is 13.9. The van der Waals surface area contributed by atoms with Crippen LogP contribution < -0.4 is 9.47 Å². The molecule has 0 radical (unpaired) electrons. The molecule has 0 aromatic heterocycles. The van der Waals surface area contributed by atoms with Crippen LogP contribution in [0.3, 0.4) is 0 Å². The lowest BCUT2D eigenvalue weighted by atomic mass is 9.92. The second kappa shape index (κ2) is 12.3. The molecule has 0 spiro atoms. The quantitative estimate of drug-likeness (QED) is 0.440. The first-order valence-electron chi connectivity index (χ1n) is 13.9. The molecule has 1 N–H and O–H groups in total. The molecule has 0 unspecified atom stereocenters. The van der Waals surface area contributed by atoms with Crippen molar-refractivity contribution in [2.45, 2.75) is 38.4 Å². The van der Waals surface area contributed by atoms with E-state index in [2.05, 4.69) is 4.90 Å². The molecule has 1 saturated heterocycles. The zero-order chi connectivity index (χ0) is 28.2. The number of carbonyl (C=O) groups excluding carboxylic acids is 1. The van der Waals surface area contributed by atoms with E-state index < -0.39 is 6.29 Å². The number of piperazine rings is 1. The molecule has 2 atom stereocenters. The third kappa shape index (κ3) is 6.53. The maximum Gasteiger partial charge on any atom is 0.288 e. The second-order valence-electron chi connectivity index (χ2n) is 10.5. The van der Waals surface area contributed by atoms with Gasteiger partial charge in [0.25, 0.3) is 5.91 Å². The average Bonchev–Trinajstić information content (AvgIpc) is 3.49. The highest BCUT2D eigenvalue weighted by Crippen LogP contribution is 2.34. The van der Waals surface area contributed by atoms with Gasteiger partial charge >= 0.3 is 0 Å². The summed E-state index contributed by atoms with van der Waals surface area (Å²) in [7, 11) is 0. The fraction of sp³-hybridized carbons (Fsp3) is 0.344. The minimum atomic E-state index is -0.640. The van der Waals surface area contributed by atoms with Gasteiger partial charge in [-0.05, 0) is 52.6 Å². The molecule has 3 aliphatic rings. The third-order valence-corrected chi connectivity index (χ3v) is 7.71. The lowest BCUT2D eigenvalue weighted by Gasteiger charge is -2.36. The molecular formula is C32H33FN2O6. The van der Waals surface area contributed by atoms with Gasteiger partial charge < -0.3 is 29.0 Å². The largest absolute Gasteiger partial charge is 0.459 e. The van der Waals surface area contributed by atoms with Crippen molar-refractivity contribution in [2.75, 3.05) is 33.0 Å². The summed E-state index contributed by atoms with van der Waals surface area (Å²) < 4.78 is 36.7. The number of benzene rings is 3. The van der Waals surface area contributed by atoms with Crippen molar-refractivity contribution in [3.8, 4) is 11.5 Å². The molecule has 214 valence electrons. The normalized spacial score (nSPS) is 20.4. The summed E-state index contributed by atoms with van der Waals surface area (Å²) in [5, 5.41) is 9.29. The van der Waals surface area contributed by atoms with Crippen LogP contribution in [0.15, 0.2) is 78.6 Å². The lowest BCUT2D eigenvalue weighted by molar-refractivity contribution is -0.157. The molecule has 9 heteroatoms. The SMILES string of the molecule is O=C(C1=C[C@@H](c2ccc(F)cc2)C[C@@H](OCc2ccc(CO)cc2)O1)N1CCN(Cc2ccc3c(c2)OCO3)CC1. The monoisotopic (exact) mass is 560 g/mol. The molecule has 0 aliphatic carbocycles. The van der Waals surface area contributed by atoms with Crippen LogP contribution in [-0.4, -0.2) is 60.1 Å². The Balaban J connectivity index is 1.10. The standard InChI is InChI=1S/C32H33FN2O6/c33-27-8-6-25(7-9-27)26-16-30(41-31(17-26)38-20-23-3-1-22(19-36)2-4-23)32(37)35-13-11-34(12-14-35)18-24-5-10-28-29(15-24)40-21-39-28/h1-10,15-16,26,31,36H,11-14,17-21H2/t26-,31+/m1/s1. The van der Waals surface area contributed by atoms with Crippen LogP contribution in [0, 0.1) is 5.82 Å². The van der Waals surface area contributed by atoms with E-state index in [0.29, 0.717) is 26.1 Å².